The van der Waals surface area contributed by atoms with Gasteiger partial charge >= 0.3 is 11.9 Å². The van der Waals surface area contributed by atoms with Crippen LogP contribution in [0.5, 0.6) is 0 Å². The van der Waals surface area contributed by atoms with Gasteiger partial charge in [-0.05, 0) is 20.3 Å². The van der Waals surface area contributed by atoms with E-state index in [-0.39, 0.29) is 24.5 Å². The molecule has 118 valence electrons. The van der Waals surface area contributed by atoms with Gasteiger partial charge in [-0.25, -0.2) is 14.3 Å². The molecule has 0 amide bonds. The molecular formula is C15H19N3O4. The third-order valence-electron chi connectivity index (χ3n) is 4.01. The van der Waals surface area contributed by atoms with Gasteiger partial charge in [0.25, 0.3) is 0 Å². The van der Waals surface area contributed by atoms with Gasteiger partial charge in [-0.2, -0.15) is 5.10 Å². The van der Waals surface area contributed by atoms with Crippen LogP contribution in [0.25, 0.3) is 0 Å². The van der Waals surface area contributed by atoms with Crippen LogP contribution in [0.2, 0.25) is 0 Å². The average Bonchev–Trinajstić information content (AvgIpc) is 3.12. The van der Waals surface area contributed by atoms with Gasteiger partial charge in [0.2, 0.25) is 0 Å². The van der Waals surface area contributed by atoms with Crippen molar-refractivity contribution < 1.29 is 19.1 Å². The number of anilines is 1. The summed E-state index contributed by atoms with van der Waals surface area (Å²) in [6, 6.07) is -0.536. The quantitative estimate of drug-likeness (QED) is 0.671. The van der Waals surface area contributed by atoms with Gasteiger partial charge < -0.3 is 14.8 Å². The lowest BCUT2D eigenvalue weighted by atomic mass is 9.91. The highest BCUT2D eigenvalue weighted by molar-refractivity contribution is 5.95. The van der Waals surface area contributed by atoms with Crippen molar-refractivity contribution in [3.63, 3.8) is 0 Å². The second-order valence-electron chi connectivity index (χ2n) is 5.26. The standard InChI is InChI=1S/C15H19N3O4/c1-3-21-14(19)10-8-16-18-11-7-5-6-9(11)12(17-13(10)18)15(20)22-4-2/h5,7-9,11-12,17H,3-4,6H2,1-2H3. The molecule has 1 aliphatic heterocycles. The maximum atomic E-state index is 12.2. The number of aromatic nitrogens is 2. The highest BCUT2D eigenvalue weighted by Crippen LogP contribution is 2.40. The van der Waals surface area contributed by atoms with Gasteiger partial charge in [-0.3, -0.25) is 0 Å². The van der Waals surface area contributed by atoms with Crippen LogP contribution in [-0.4, -0.2) is 41.0 Å². The molecule has 7 heteroatoms. The Bertz CT molecular complexity index is 622. The molecule has 0 radical (unpaired) electrons. The maximum absolute atomic E-state index is 12.2. The zero-order valence-electron chi connectivity index (χ0n) is 12.6. The number of fused-ring (bicyclic) bond motifs is 3. The van der Waals surface area contributed by atoms with Gasteiger partial charge in [0, 0.05) is 5.92 Å². The molecule has 7 nitrogen and oxygen atoms in total. The lowest BCUT2D eigenvalue weighted by Crippen LogP contribution is -2.45. The fourth-order valence-corrected chi connectivity index (χ4v) is 3.06. The first kappa shape index (κ1) is 14.6. The van der Waals surface area contributed by atoms with Crippen LogP contribution in [0.4, 0.5) is 5.82 Å². The molecule has 1 N–H and O–H groups in total. The fraction of sp³-hybridized carbons (Fsp3) is 0.533. The Morgan fingerprint density at radius 2 is 2.14 bits per heavy atom. The van der Waals surface area contributed by atoms with E-state index in [0.717, 1.165) is 6.42 Å². The Balaban J connectivity index is 1.95. The van der Waals surface area contributed by atoms with E-state index in [0.29, 0.717) is 18.0 Å². The molecule has 22 heavy (non-hydrogen) atoms. The monoisotopic (exact) mass is 305 g/mol. The van der Waals surface area contributed by atoms with Crippen LogP contribution in [0.3, 0.4) is 0 Å². The molecule has 2 aliphatic rings. The Kier molecular flexibility index (Phi) is 3.87. The first-order valence-electron chi connectivity index (χ1n) is 7.51. The molecule has 3 rings (SSSR count). The van der Waals surface area contributed by atoms with Gasteiger partial charge in [0.05, 0.1) is 25.5 Å². The number of nitrogens with one attached hydrogen (secondary N) is 1. The molecular weight excluding hydrogens is 286 g/mol. The Labute approximate surface area is 128 Å². The molecule has 0 saturated heterocycles. The topological polar surface area (TPSA) is 82.5 Å². The maximum Gasteiger partial charge on any atom is 0.343 e. The summed E-state index contributed by atoms with van der Waals surface area (Å²) in [6.07, 6.45) is 6.31. The third kappa shape index (κ3) is 2.26. The van der Waals surface area contributed by atoms with Crippen molar-refractivity contribution in [2.24, 2.45) is 5.92 Å². The molecule has 0 bridgehead atoms. The molecule has 1 aromatic heterocycles. The highest BCUT2D eigenvalue weighted by atomic mass is 16.5. The first-order valence-corrected chi connectivity index (χ1v) is 7.51. The first-order chi connectivity index (χ1) is 10.7. The van der Waals surface area contributed by atoms with Crippen molar-refractivity contribution in [2.45, 2.75) is 32.4 Å². The van der Waals surface area contributed by atoms with Crippen molar-refractivity contribution in [1.82, 2.24) is 9.78 Å². The summed E-state index contributed by atoms with van der Waals surface area (Å²) in [4.78, 5) is 24.2. The van der Waals surface area contributed by atoms with Gasteiger partial charge in [0.1, 0.15) is 17.4 Å². The van der Waals surface area contributed by atoms with Gasteiger partial charge in [0.15, 0.2) is 0 Å². The van der Waals surface area contributed by atoms with Gasteiger partial charge in [-0.15, -0.1) is 0 Å². The largest absolute Gasteiger partial charge is 0.464 e. The minimum absolute atomic E-state index is 0.0431. The SMILES string of the molecule is CCOC(=O)c1cnn2c1NC(C(=O)OCC)C1CC=CC12. The zero-order chi connectivity index (χ0) is 15.7. The van der Waals surface area contributed by atoms with E-state index in [4.69, 9.17) is 9.47 Å². The summed E-state index contributed by atoms with van der Waals surface area (Å²) in [5, 5.41) is 7.42. The van der Waals surface area contributed by atoms with Crippen molar-refractivity contribution in [3.8, 4) is 0 Å². The fourth-order valence-electron chi connectivity index (χ4n) is 3.06. The minimum atomic E-state index is -0.489. The van der Waals surface area contributed by atoms with Crippen LogP contribution >= 0.6 is 0 Å². The predicted molar refractivity (Wildman–Crippen MR) is 78.5 cm³/mol. The van der Waals surface area contributed by atoms with Crippen molar-refractivity contribution >= 4 is 17.8 Å². The number of carbonyl (C=O) groups excluding carboxylic acids is 2. The lowest BCUT2D eigenvalue weighted by Gasteiger charge is -2.34. The summed E-state index contributed by atoms with van der Waals surface area (Å²) in [6.45, 7) is 4.14. The van der Waals surface area contributed by atoms with Crippen molar-refractivity contribution in [2.75, 3.05) is 18.5 Å². The molecule has 3 unspecified atom stereocenters. The lowest BCUT2D eigenvalue weighted by molar-refractivity contribution is -0.145. The number of rotatable bonds is 4. The smallest absolute Gasteiger partial charge is 0.343 e. The Hall–Kier alpha value is -2.31. The number of carbonyl (C=O) groups is 2. The van der Waals surface area contributed by atoms with Crippen LogP contribution in [0, 0.1) is 5.92 Å². The van der Waals surface area contributed by atoms with Gasteiger partial charge in [-0.1, -0.05) is 12.2 Å². The van der Waals surface area contributed by atoms with Crippen molar-refractivity contribution in [1.29, 1.82) is 0 Å². The van der Waals surface area contributed by atoms with E-state index < -0.39 is 12.0 Å². The number of nitrogens with zero attached hydrogens (tertiary/aromatic N) is 2. The number of hydrogen-bond acceptors (Lipinski definition) is 6. The summed E-state index contributed by atoms with van der Waals surface area (Å²) in [7, 11) is 0. The predicted octanol–water partition coefficient (Wildman–Crippen LogP) is 1.53. The van der Waals surface area contributed by atoms with E-state index >= 15 is 0 Å². The summed E-state index contributed by atoms with van der Waals surface area (Å²) in [5.41, 5.74) is 0.342. The normalized spacial score (nSPS) is 25.1. The van der Waals surface area contributed by atoms with E-state index in [9.17, 15) is 9.59 Å². The number of ether oxygens (including phenoxy) is 2. The number of allylic oxidation sites excluding steroid dienone is 2. The molecule has 0 saturated carbocycles. The van der Waals surface area contributed by atoms with Crippen LogP contribution in [-0.2, 0) is 14.3 Å². The summed E-state index contributed by atoms with van der Waals surface area (Å²) < 4.78 is 11.9. The molecule has 0 fully saturated rings. The van der Waals surface area contributed by atoms with Crippen LogP contribution in [0.1, 0.15) is 36.7 Å². The highest BCUT2D eigenvalue weighted by Gasteiger charge is 2.43. The van der Waals surface area contributed by atoms with Crippen LogP contribution in [0.15, 0.2) is 18.3 Å². The van der Waals surface area contributed by atoms with Crippen molar-refractivity contribution in [3.05, 3.63) is 23.9 Å². The summed E-state index contributed by atoms with van der Waals surface area (Å²) in [5.74, 6) is -0.187. The third-order valence-corrected chi connectivity index (χ3v) is 4.01. The number of hydrogen-bond donors (Lipinski definition) is 1. The summed E-state index contributed by atoms with van der Waals surface area (Å²) >= 11 is 0. The minimum Gasteiger partial charge on any atom is -0.464 e. The van der Waals surface area contributed by atoms with E-state index in [1.807, 2.05) is 12.2 Å². The Morgan fingerprint density at radius 3 is 2.86 bits per heavy atom. The number of esters is 2. The molecule has 0 spiro atoms. The average molecular weight is 305 g/mol. The molecule has 2 heterocycles. The molecule has 1 aliphatic carbocycles. The molecule has 1 aromatic rings. The van der Waals surface area contributed by atoms with E-state index in [1.165, 1.54) is 6.20 Å². The van der Waals surface area contributed by atoms with E-state index in [2.05, 4.69) is 10.4 Å². The second kappa shape index (κ2) is 5.82. The Morgan fingerprint density at radius 1 is 1.36 bits per heavy atom. The van der Waals surface area contributed by atoms with E-state index in [1.54, 1.807) is 18.5 Å². The zero-order valence-corrected chi connectivity index (χ0v) is 12.6. The molecule has 0 aromatic carbocycles. The molecule has 3 atom stereocenters. The second-order valence-corrected chi connectivity index (χ2v) is 5.26. The van der Waals surface area contributed by atoms with Crippen LogP contribution < -0.4 is 5.32 Å².